The number of aryl methyl sites for hydroxylation is 1. The largest absolute Gasteiger partial charge is 0.465 e. The maximum Gasteiger partial charge on any atom is 0.340 e. The fraction of sp³-hybridized carbons (Fsp3) is 0.154. The van der Waals surface area contributed by atoms with E-state index in [4.69, 9.17) is 4.74 Å². The first-order chi connectivity index (χ1) is 8.15. The van der Waals surface area contributed by atoms with Crippen LogP contribution in [0.25, 0.3) is 11.3 Å². The number of H-pyrrole nitrogens is 1. The third-order valence-corrected chi connectivity index (χ3v) is 3.37. The number of hydrogen-bond acceptors (Lipinski definition) is 2. The van der Waals surface area contributed by atoms with Crippen molar-refractivity contribution in [2.45, 2.75) is 6.92 Å². The van der Waals surface area contributed by atoms with Crippen molar-refractivity contribution in [3.8, 4) is 11.3 Å². The minimum Gasteiger partial charge on any atom is -0.465 e. The summed E-state index contributed by atoms with van der Waals surface area (Å²) in [6.07, 6.45) is 0. The van der Waals surface area contributed by atoms with Crippen LogP contribution in [0.1, 0.15) is 16.1 Å². The Morgan fingerprint density at radius 3 is 2.53 bits per heavy atom. The Labute approximate surface area is 108 Å². The zero-order valence-electron chi connectivity index (χ0n) is 9.58. The predicted octanol–water partition coefficient (Wildman–Crippen LogP) is 3.54. The first-order valence-corrected chi connectivity index (χ1v) is 5.96. The Balaban J connectivity index is 2.56. The zero-order valence-corrected chi connectivity index (χ0v) is 11.2. The van der Waals surface area contributed by atoms with Gasteiger partial charge in [0, 0.05) is 5.69 Å². The molecule has 0 saturated carbocycles. The van der Waals surface area contributed by atoms with Gasteiger partial charge in [0.05, 0.1) is 22.8 Å². The van der Waals surface area contributed by atoms with Gasteiger partial charge in [0.1, 0.15) is 0 Å². The summed E-state index contributed by atoms with van der Waals surface area (Å²) in [5.74, 6) is -0.340. The second-order valence-corrected chi connectivity index (χ2v) is 4.46. The third-order valence-electron chi connectivity index (χ3n) is 2.58. The molecular formula is C13H12BrNO2. The van der Waals surface area contributed by atoms with Crippen molar-refractivity contribution in [2.75, 3.05) is 7.11 Å². The quantitative estimate of drug-likeness (QED) is 0.861. The molecule has 88 valence electrons. The fourth-order valence-corrected chi connectivity index (χ4v) is 2.53. The van der Waals surface area contributed by atoms with Gasteiger partial charge in [0.2, 0.25) is 0 Å². The number of rotatable bonds is 2. The van der Waals surface area contributed by atoms with Crippen LogP contribution in [-0.4, -0.2) is 18.1 Å². The number of methoxy groups -OCH3 is 1. The minimum atomic E-state index is -0.340. The van der Waals surface area contributed by atoms with Crippen molar-refractivity contribution >= 4 is 21.9 Å². The molecule has 1 heterocycles. The molecule has 17 heavy (non-hydrogen) atoms. The van der Waals surface area contributed by atoms with Gasteiger partial charge in [-0.3, -0.25) is 0 Å². The van der Waals surface area contributed by atoms with Crippen LogP contribution in [0.4, 0.5) is 0 Å². The number of esters is 1. The van der Waals surface area contributed by atoms with Crippen LogP contribution < -0.4 is 0 Å². The molecule has 4 heteroatoms. The number of ether oxygens (including phenoxy) is 1. The lowest BCUT2D eigenvalue weighted by atomic mass is 10.1. The minimum absolute atomic E-state index is 0.340. The molecule has 0 atom stereocenters. The molecule has 0 bridgehead atoms. The smallest absolute Gasteiger partial charge is 0.340 e. The van der Waals surface area contributed by atoms with E-state index in [2.05, 4.69) is 20.9 Å². The van der Waals surface area contributed by atoms with E-state index in [9.17, 15) is 4.79 Å². The number of hydrogen-bond donors (Lipinski definition) is 1. The lowest BCUT2D eigenvalue weighted by Crippen LogP contribution is -2.02. The second kappa shape index (κ2) is 4.75. The van der Waals surface area contributed by atoms with E-state index >= 15 is 0 Å². The molecule has 2 rings (SSSR count). The molecule has 0 aliphatic heterocycles. The Hall–Kier alpha value is -1.55. The van der Waals surface area contributed by atoms with Gasteiger partial charge in [-0.25, -0.2) is 4.79 Å². The van der Waals surface area contributed by atoms with Crippen LogP contribution in [-0.2, 0) is 4.74 Å². The third kappa shape index (κ3) is 2.13. The zero-order chi connectivity index (χ0) is 12.4. The maximum atomic E-state index is 11.6. The average Bonchev–Trinajstić information content (AvgIpc) is 2.65. The number of halogens is 1. The Morgan fingerprint density at radius 2 is 1.94 bits per heavy atom. The summed E-state index contributed by atoms with van der Waals surface area (Å²) in [6, 6.07) is 9.83. The van der Waals surface area contributed by atoms with Gasteiger partial charge in [-0.15, -0.1) is 0 Å². The molecule has 1 aromatic heterocycles. The highest BCUT2D eigenvalue weighted by molar-refractivity contribution is 9.10. The highest BCUT2D eigenvalue weighted by Gasteiger charge is 2.20. The van der Waals surface area contributed by atoms with Crippen molar-refractivity contribution in [3.63, 3.8) is 0 Å². The number of nitrogens with one attached hydrogen (secondary N) is 1. The molecule has 0 saturated heterocycles. The molecule has 0 aliphatic carbocycles. The lowest BCUT2D eigenvalue weighted by Gasteiger charge is -2.00. The van der Waals surface area contributed by atoms with Gasteiger partial charge in [0.25, 0.3) is 0 Å². The normalized spacial score (nSPS) is 10.3. The molecule has 1 aromatic carbocycles. The number of aromatic amines is 1. The van der Waals surface area contributed by atoms with E-state index in [1.165, 1.54) is 7.11 Å². The highest BCUT2D eigenvalue weighted by Crippen LogP contribution is 2.32. The summed E-state index contributed by atoms with van der Waals surface area (Å²) in [6.45, 7) is 1.85. The Morgan fingerprint density at radius 1 is 1.29 bits per heavy atom. The van der Waals surface area contributed by atoms with Crippen molar-refractivity contribution in [1.82, 2.24) is 4.98 Å². The topological polar surface area (TPSA) is 42.1 Å². The van der Waals surface area contributed by atoms with E-state index in [0.29, 0.717) is 5.56 Å². The van der Waals surface area contributed by atoms with Crippen molar-refractivity contribution in [2.24, 2.45) is 0 Å². The van der Waals surface area contributed by atoms with Gasteiger partial charge < -0.3 is 9.72 Å². The molecule has 1 N–H and O–H groups in total. The van der Waals surface area contributed by atoms with Crippen LogP contribution in [0.15, 0.2) is 34.8 Å². The number of aromatic nitrogens is 1. The summed E-state index contributed by atoms with van der Waals surface area (Å²) in [5, 5.41) is 0. The van der Waals surface area contributed by atoms with Crippen molar-refractivity contribution in [1.29, 1.82) is 0 Å². The SMILES string of the molecule is COC(=O)c1c(C)[nH]c(-c2ccccc2)c1Br. The molecule has 0 spiro atoms. The highest BCUT2D eigenvalue weighted by atomic mass is 79.9. The molecular weight excluding hydrogens is 282 g/mol. The summed E-state index contributed by atoms with van der Waals surface area (Å²) in [7, 11) is 1.38. The molecule has 0 aliphatic rings. The van der Waals surface area contributed by atoms with Gasteiger partial charge in [0.15, 0.2) is 0 Å². The van der Waals surface area contributed by atoms with Crippen LogP contribution in [0.5, 0.6) is 0 Å². The van der Waals surface area contributed by atoms with Crippen LogP contribution in [0.3, 0.4) is 0 Å². The molecule has 0 fully saturated rings. The van der Waals surface area contributed by atoms with E-state index in [1.807, 2.05) is 37.3 Å². The summed E-state index contributed by atoms with van der Waals surface area (Å²) in [4.78, 5) is 14.8. The number of carbonyl (C=O) groups excluding carboxylic acids is 1. The van der Waals surface area contributed by atoms with E-state index in [0.717, 1.165) is 21.4 Å². The fourth-order valence-electron chi connectivity index (χ4n) is 1.74. The first kappa shape index (κ1) is 11.9. The average molecular weight is 294 g/mol. The number of benzene rings is 1. The van der Waals surface area contributed by atoms with Crippen molar-refractivity contribution < 1.29 is 9.53 Å². The van der Waals surface area contributed by atoms with Crippen LogP contribution in [0, 0.1) is 6.92 Å². The first-order valence-electron chi connectivity index (χ1n) is 5.17. The maximum absolute atomic E-state index is 11.6. The van der Waals surface area contributed by atoms with Gasteiger partial charge in [-0.1, -0.05) is 30.3 Å². The van der Waals surface area contributed by atoms with Gasteiger partial charge >= 0.3 is 5.97 Å². The van der Waals surface area contributed by atoms with E-state index < -0.39 is 0 Å². The standard InChI is InChI=1S/C13H12BrNO2/c1-8-10(13(16)17-2)11(14)12(15-8)9-6-4-3-5-7-9/h3-7,15H,1-2H3. The molecule has 2 aromatic rings. The molecule has 3 nitrogen and oxygen atoms in total. The van der Waals surface area contributed by atoms with Crippen molar-refractivity contribution in [3.05, 3.63) is 46.1 Å². The molecule has 0 amide bonds. The van der Waals surface area contributed by atoms with E-state index in [-0.39, 0.29) is 5.97 Å². The lowest BCUT2D eigenvalue weighted by molar-refractivity contribution is 0.0599. The van der Waals surface area contributed by atoms with Gasteiger partial charge in [-0.2, -0.15) is 0 Å². The predicted molar refractivity (Wildman–Crippen MR) is 70.0 cm³/mol. The Kier molecular flexibility index (Phi) is 3.33. The summed E-state index contributed by atoms with van der Waals surface area (Å²) in [5.41, 5.74) is 3.26. The monoisotopic (exact) mass is 293 g/mol. The Bertz CT molecular complexity index is 546. The van der Waals surface area contributed by atoms with Crippen LogP contribution >= 0.6 is 15.9 Å². The van der Waals surface area contributed by atoms with E-state index in [1.54, 1.807) is 0 Å². The number of carbonyl (C=O) groups is 1. The second-order valence-electron chi connectivity index (χ2n) is 3.67. The van der Waals surface area contributed by atoms with Gasteiger partial charge in [-0.05, 0) is 28.4 Å². The molecule has 0 radical (unpaired) electrons. The molecule has 0 unspecified atom stereocenters. The summed E-state index contributed by atoms with van der Waals surface area (Å²) >= 11 is 3.45. The van der Waals surface area contributed by atoms with Crippen LogP contribution in [0.2, 0.25) is 0 Å². The summed E-state index contributed by atoms with van der Waals surface area (Å²) < 4.78 is 5.50.